The van der Waals surface area contributed by atoms with Gasteiger partial charge in [0.25, 0.3) is 0 Å². The van der Waals surface area contributed by atoms with E-state index in [9.17, 15) is 0 Å². The van der Waals surface area contributed by atoms with Crippen molar-refractivity contribution in [1.82, 2.24) is 4.90 Å². The van der Waals surface area contributed by atoms with Crippen LogP contribution in [0.3, 0.4) is 0 Å². The fourth-order valence-corrected chi connectivity index (χ4v) is 1.33. The van der Waals surface area contributed by atoms with Gasteiger partial charge in [-0.3, -0.25) is 0 Å². The van der Waals surface area contributed by atoms with Gasteiger partial charge < -0.3 is 10.6 Å². The van der Waals surface area contributed by atoms with Crippen LogP contribution >= 0.6 is 0 Å². The van der Waals surface area contributed by atoms with Crippen molar-refractivity contribution in [3.8, 4) is 0 Å². The minimum Gasteiger partial charge on any atom is -0.330 e. The molecule has 0 aromatic carbocycles. The quantitative estimate of drug-likeness (QED) is 0.589. The Hall–Kier alpha value is -0.0800. The molecular formula is C7H16N2. The maximum absolute atomic E-state index is 7.26. The van der Waals surface area contributed by atoms with Crippen LogP contribution < -0.4 is 5.73 Å². The van der Waals surface area contributed by atoms with Gasteiger partial charge in [-0.25, -0.2) is 0 Å². The minimum atomic E-state index is -1.92. The zero-order valence-electron chi connectivity index (χ0n) is 8.64. The van der Waals surface area contributed by atoms with Gasteiger partial charge in [0.05, 0.1) is 0 Å². The Bertz CT molecular complexity index is 146. The van der Waals surface area contributed by atoms with Crippen LogP contribution in [0.1, 0.15) is 23.4 Å². The number of likely N-dealkylation sites (tertiary alicyclic amines) is 1. The zero-order chi connectivity index (χ0) is 9.19. The van der Waals surface area contributed by atoms with Crippen LogP contribution in [0.2, 0.25) is 0 Å². The lowest BCUT2D eigenvalue weighted by atomic mass is 10.1. The summed E-state index contributed by atoms with van der Waals surface area (Å²) in [6.45, 7) is -0.644. The van der Waals surface area contributed by atoms with E-state index in [1.165, 1.54) is 0 Å². The molecule has 0 aromatic rings. The topological polar surface area (TPSA) is 29.3 Å². The highest BCUT2D eigenvalue weighted by Crippen LogP contribution is 2.16. The average Bonchev–Trinajstić information content (AvgIpc) is 2.34. The fourth-order valence-electron chi connectivity index (χ4n) is 1.33. The van der Waals surface area contributed by atoms with Crippen LogP contribution in [0.15, 0.2) is 0 Å². The molecule has 2 nitrogen and oxygen atoms in total. The smallest absolute Gasteiger partial charge is 0.0394 e. The monoisotopic (exact) mass is 131 g/mol. The summed E-state index contributed by atoms with van der Waals surface area (Å²) in [5.41, 5.74) is 5.40. The minimum absolute atomic E-state index is 0.183. The second-order valence-corrected chi connectivity index (χ2v) is 2.57. The lowest BCUT2D eigenvalue weighted by Gasteiger charge is -2.17. The summed E-state index contributed by atoms with van der Waals surface area (Å²) >= 11 is 0. The zero-order valence-corrected chi connectivity index (χ0v) is 5.64. The molecule has 0 amide bonds. The number of hydrogen-bond acceptors (Lipinski definition) is 2. The summed E-state index contributed by atoms with van der Waals surface area (Å²) in [6, 6.07) is 0.183. The first kappa shape index (κ1) is 3.94. The van der Waals surface area contributed by atoms with Gasteiger partial charge >= 0.3 is 0 Å². The molecule has 2 heteroatoms. The summed E-state index contributed by atoms with van der Waals surface area (Å²) in [4.78, 5) is 1.60. The SMILES string of the molecule is [2H]C([2H])([2H])N1CCCC1CCN. The molecule has 1 unspecified atom stereocenters. The molecule has 0 spiro atoms. The summed E-state index contributed by atoms with van der Waals surface area (Å²) < 4.78 is 21.8. The molecule has 0 radical (unpaired) electrons. The van der Waals surface area contributed by atoms with Crippen LogP contribution in [0, 0.1) is 0 Å². The Morgan fingerprint density at radius 3 is 3.44 bits per heavy atom. The second-order valence-electron chi connectivity index (χ2n) is 2.57. The highest BCUT2D eigenvalue weighted by atomic mass is 15.1. The first-order valence-electron chi connectivity index (χ1n) is 5.02. The molecule has 1 aliphatic heterocycles. The van der Waals surface area contributed by atoms with E-state index >= 15 is 0 Å². The Morgan fingerprint density at radius 2 is 2.78 bits per heavy atom. The van der Waals surface area contributed by atoms with Gasteiger partial charge in [-0.15, -0.1) is 0 Å². The third-order valence-electron chi connectivity index (χ3n) is 1.88. The molecule has 1 rings (SSSR count). The second kappa shape index (κ2) is 3.18. The van der Waals surface area contributed by atoms with Gasteiger partial charge in [0.15, 0.2) is 0 Å². The third-order valence-corrected chi connectivity index (χ3v) is 1.88. The number of nitrogens with two attached hydrogens (primary N) is 1. The Kier molecular flexibility index (Phi) is 1.39. The van der Waals surface area contributed by atoms with Gasteiger partial charge in [0, 0.05) is 10.2 Å². The van der Waals surface area contributed by atoms with E-state index in [0.29, 0.717) is 13.1 Å². The van der Waals surface area contributed by atoms with Crippen LogP contribution in [0.5, 0.6) is 0 Å². The molecule has 0 bridgehead atoms. The van der Waals surface area contributed by atoms with E-state index in [0.717, 1.165) is 19.3 Å². The van der Waals surface area contributed by atoms with Crippen molar-refractivity contribution in [2.45, 2.75) is 25.3 Å². The van der Waals surface area contributed by atoms with Crippen molar-refractivity contribution < 1.29 is 4.11 Å². The molecule has 9 heavy (non-hydrogen) atoms. The number of hydrogen-bond donors (Lipinski definition) is 1. The van der Waals surface area contributed by atoms with Crippen LogP contribution in [0.4, 0.5) is 0 Å². The van der Waals surface area contributed by atoms with Crippen molar-refractivity contribution in [3.63, 3.8) is 0 Å². The van der Waals surface area contributed by atoms with E-state index in [-0.39, 0.29) is 6.04 Å². The Morgan fingerprint density at radius 1 is 1.89 bits per heavy atom. The van der Waals surface area contributed by atoms with E-state index in [2.05, 4.69) is 0 Å². The largest absolute Gasteiger partial charge is 0.330 e. The third kappa shape index (κ3) is 1.66. The van der Waals surface area contributed by atoms with Crippen LogP contribution in [-0.4, -0.2) is 31.0 Å². The van der Waals surface area contributed by atoms with Gasteiger partial charge in [-0.2, -0.15) is 0 Å². The Balaban J connectivity index is 2.52. The van der Waals surface area contributed by atoms with Crippen molar-refractivity contribution in [3.05, 3.63) is 0 Å². The predicted octanol–water partition coefficient (Wildman–Crippen LogP) is 0.429. The molecule has 1 heterocycles. The first-order chi connectivity index (χ1) is 5.55. The molecule has 1 saturated heterocycles. The maximum Gasteiger partial charge on any atom is 0.0394 e. The van der Waals surface area contributed by atoms with Crippen LogP contribution in [0.25, 0.3) is 0 Å². The highest BCUT2D eigenvalue weighted by Gasteiger charge is 2.18. The van der Waals surface area contributed by atoms with Crippen LogP contribution in [-0.2, 0) is 0 Å². The molecule has 0 saturated carbocycles. The van der Waals surface area contributed by atoms with E-state index < -0.39 is 6.98 Å². The summed E-state index contributed by atoms with van der Waals surface area (Å²) in [6.07, 6.45) is 2.77. The first-order valence-corrected chi connectivity index (χ1v) is 3.52. The number of rotatable bonds is 2. The molecule has 1 atom stereocenters. The van der Waals surface area contributed by atoms with E-state index in [1.807, 2.05) is 0 Å². The highest BCUT2D eigenvalue weighted by molar-refractivity contribution is 4.75. The van der Waals surface area contributed by atoms with Gasteiger partial charge in [-0.05, 0) is 39.3 Å². The molecule has 0 aliphatic carbocycles. The summed E-state index contributed by atoms with van der Waals surface area (Å²) in [5.74, 6) is 0. The van der Waals surface area contributed by atoms with Crippen molar-refractivity contribution >= 4 is 0 Å². The normalized spacial score (nSPS) is 35.7. The van der Waals surface area contributed by atoms with Gasteiger partial charge in [0.2, 0.25) is 0 Å². The van der Waals surface area contributed by atoms with E-state index in [4.69, 9.17) is 9.85 Å². The molecule has 1 fully saturated rings. The molecular weight excluding hydrogens is 112 g/mol. The molecule has 1 aliphatic rings. The summed E-state index contributed by atoms with van der Waals surface area (Å²) in [5, 5.41) is 0. The fraction of sp³-hybridized carbons (Fsp3) is 1.00. The number of nitrogens with zero attached hydrogens (tertiary/aromatic N) is 1. The lowest BCUT2D eigenvalue weighted by Crippen LogP contribution is -2.27. The standard InChI is InChI=1S/C7H16N2/c1-9-6-2-3-7(9)4-5-8/h7H,2-6,8H2,1H3/i1D3. The van der Waals surface area contributed by atoms with Crippen molar-refractivity contribution in [1.29, 1.82) is 0 Å². The van der Waals surface area contributed by atoms with Crippen molar-refractivity contribution in [2.24, 2.45) is 5.73 Å². The average molecular weight is 131 g/mol. The van der Waals surface area contributed by atoms with E-state index in [1.54, 1.807) is 4.90 Å². The molecule has 54 valence electrons. The molecule has 2 N–H and O–H groups in total. The van der Waals surface area contributed by atoms with Gasteiger partial charge in [-0.1, -0.05) is 0 Å². The summed E-state index contributed by atoms with van der Waals surface area (Å²) in [7, 11) is 0. The Labute approximate surface area is 61.2 Å². The van der Waals surface area contributed by atoms with Crippen molar-refractivity contribution in [2.75, 3.05) is 20.1 Å². The molecule has 0 aromatic heterocycles. The van der Waals surface area contributed by atoms with Gasteiger partial charge in [0.1, 0.15) is 0 Å². The predicted molar refractivity (Wildman–Crippen MR) is 39.3 cm³/mol. The maximum atomic E-state index is 7.26. The lowest BCUT2D eigenvalue weighted by molar-refractivity contribution is 0.299.